The summed E-state index contributed by atoms with van der Waals surface area (Å²) < 4.78 is 5.88. The fourth-order valence-corrected chi connectivity index (χ4v) is 2.79. The molecule has 0 bridgehead atoms. The van der Waals surface area contributed by atoms with Crippen molar-refractivity contribution in [2.45, 2.75) is 71.6 Å². The van der Waals surface area contributed by atoms with Gasteiger partial charge in [-0.2, -0.15) is 0 Å². The van der Waals surface area contributed by atoms with Crippen molar-refractivity contribution < 1.29 is 4.74 Å². The van der Waals surface area contributed by atoms with Crippen LogP contribution in [0.25, 0.3) is 0 Å². The molecule has 1 aromatic rings. The van der Waals surface area contributed by atoms with E-state index in [-0.39, 0.29) is 5.41 Å². The maximum Gasteiger partial charge on any atom is 0.122 e. The molecule has 1 rings (SSSR count). The average Bonchev–Trinajstić information content (AvgIpc) is 2.43. The van der Waals surface area contributed by atoms with E-state index in [0.717, 1.165) is 31.7 Å². The minimum atomic E-state index is 0.171. The lowest BCUT2D eigenvalue weighted by atomic mass is 9.82. The topological polar surface area (TPSA) is 35.2 Å². The van der Waals surface area contributed by atoms with Gasteiger partial charge in [-0.3, -0.25) is 0 Å². The van der Waals surface area contributed by atoms with E-state index in [1.54, 1.807) is 0 Å². The van der Waals surface area contributed by atoms with Crippen molar-refractivity contribution in [3.8, 4) is 5.75 Å². The van der Waals surface area contributed by atoms with Gasteiger partial charge in [0.15, 0.2) is 0 Å². The molecule has 0 spiro atoms. The quantitative estimate of drug-likeness (QED) is 0.731. The fourth-order valence-electron chi connectivity index (χ4n) is 2.79. The summed E-state index contributed by atoms with van der Waals surface area (Å²) in [5, 5.41) is 0. The van der Waals surface area contributed by atoms with Gasteiger partial charge in [-0.1, -0.05) is 46.2 Å². The van der Waals surface area contributed by atoms with Crippen LogP contribution < -0.4 is 10.5 Å². The summed E-state index contributed by atoms with van der Waals surface area (Å²) in [6.07, 6.45) is 4.63. The lowest BCUT2D eigenvalue weighted by molar-refractivity contribution is 0.331. The van der Waals surface area contributed by atoms with Crippen molar-refractivity contribution in [3.05, 3.63) is 29.3 Å². The van der Waals surface area contributed by atoms with Crippen LogP contribution in [0, 0.1) is 0 Å². The molecule has 0 fully saturated rings. The van der Waals surface area contributed by atoms with Crippen LogP contribution in [-0.4, -0.2) is 13.2 Å². The Labute approximate surface area is 131 Å². The molecule has 0 saturated carbocycles. The second-order valence-corrected chi connectivity index (χ2v) is 6.85. The van der Waals surface area contributed by atoms with Crippen molar-refractivity contribution in [1.29, 1.82) is 0 Å². The summed E-state index contributed by atoms with van der Waals surface area (Å²) in [6, 6.07) is 6.73. The van der Waals surface area contributed by atoms with Crippen LogP contribution in [0.5, 0.6) is 5.75 Å². The largest absolute Gasteiger partial charge is 0.494 e. The Morgan fingerprint density at radius 3 is 2.38 bits per heavy atom. The monoisotopic (exact) mass is 291 g/mol. The smallest absolute Gasteiger partial charge is 0.122 e. The van der Waals surface area contributed by atoms with Gasteiger partial charge < -0.3 is 10.5 Å². The van der Waals surface area contributed by atoms with Gasteiger partial charge in [-0.25, -0.2) is 0 Å². The third-order valence-electron chi connectivity index (χ3n) is 4.01. The second kappa shape index (κ2) is 8.43. The summed E-state index contributed by atoms with van der Waals surface area (Å²) in [7, 11) is 0. The molecule has 0 saturated heterocycles. The summed E-state index contributed by atoms with van der Waals surface area (Å²) in [4.78, 5) is 0. The van der Waals surface area contributed by atoms with Gasteiger partial charge in [0.25, 0.3) is 0 Å². The molecule has 0 amide bonds. The van der Waals surface area contributed by atoms with Crippen LogP contribution >= 0.6 is 0 Å². The second-order valence-electron chi connectivity index (χ2n) is 6.85. The molecule has 0 heterocycles. The van der Waals surface area contributed by atoms with Crippen molar-refractivity contribution in [3.63, 3.8) is 0 Å². The highest BCUT2D eigenvalue weighted by molar-refractivity contribution is 5.42. The maximum atomic E-state index is 5.88. The molecule has 0 aliphatic carbocycles. The fraction of sp³-hybridized carbons (Fsp3) is 0.684. The molecule has 21 heavy (non-hydrogen) atoms. The number of nitrogens with two attached hydrogens (primary N) is 1. The van der Waals surface area contributed by atoms with E-state index in [9.17, 15) is 0 Å². The third-order valence-corrected chi connectivity index (χ3v) is 4.01. The van der Waals surface area contributed by atoms with Gasteiger partial charge >= 0.3 is 0 Å². The van der Waals surface area contributed by atoms with E-state index >= 15 is 0 Å². The first-order valence-electron chi connectivity index (χ1n) is 8.41. The van der Waals surface area contributed by atoms with E-state index in [1.165, 1.54) is 24.0 Å². The predicted molar refractivity (Wildman–Crippen MR) is 92.2 cm³/mol. The van der Waals surface area contributed by atoms with Gasteiger partial charge in [-0.15, -0.1) is 0 Å². The van der Waals surface area contributed by atoms with Crippen molar-refractivity contribution in [2.24, 2.45) is 5.73 Å². The number of hydrogen-bond donors (Lipinski definition) is 1. The van der Waals surface area contributed by atoms with E-state index in [0.29, 0.717) is 5.92 Å². The summed E-state index contributed by atoms with van der Waals surface area (Å²) in [5.41, 5.74) is 8.65. The molecule has 1 atom stereocenters. The number of rotatable bonds is 8. The summed E-state index contributed by atoms with van der Waals surface area (Å²) in [6.45, 7) is 12.6. The van der Waals surface area contributed by atoms with Gasteiger partial charge in [-0.05, 0) is 61.3 Å². The lowest BCUT2D eigenvalue weighted by Crippen LogP contribution is -2.13. The Morgan fingerprint density at radius 2 is 1.86 bits per heavy atom. The Balaban J connectivity index is 3.17. The Kier molecular flexibility index (Phi) is 7.24. The van der Waals surface area contributed by atoms with E-state index in [1.807, 2.05) is 0 Å². The molecule has 2 nitrogen and oxygen atoms in total. The van der Waals surface area contributed by atoms with Gasteiger partial charge in [0.1, 0.15) is 5.75 Å². The first kappa shape index (κ1) is 18.0. The standard InChI is InChI=1S/C19H33NO/c1-6-9-15(10-8-13-20)17-14-16(19(3,4)5)11-12-18(17)21-7-2/h11-12,14-15H,6-10,13,20H2,1-5H3. The molecule has 1 aromatic carbocycles. The minimum absolute atomic E-state index is 0.171. The normalized spacial score (nSPS) is 13.2. The first-order valence-corrected chi connectivity index (χ1v) is 8.41. The van der Waals surface area contributed by atoms with Crippen LogP contribution in [0.2, 0.25) is 0 Å². The minimum Gasteiger partial charge on any atom is -0.494 e. The molecule has 0 aromatic heterocycles. The van der Waals surface area contributed by atoms with Crippen LogP contribution in [0.3, 0.4) is 0 Å². The lowest BCUT2D eigenvalue weighted by Gasteiger charge is -2.25. The molecule has 2 N–H and O–H groups in total. The van der Waals surface area contributed by atoms with Gasteiger partial charge in [0, 0.05) is 0 Å². The van der Waals surface area contributed by atoms with Crippen LogP contribution in [-0.2, 0) is 5.41 Å². The highest BCUT2D eigenvalue weighted by Crippen LogP contribution is 2.36. The van der Waals surface area contributed by atoms with Crippen LogP contribution in [0.4, 0.5) is 0 Å². The summed E-state index contributed by atoms with van der Waals surface area (Å²) in [5.74, 6) is 1.61. The number of hydrogen-bond acceptors (Lipinski definition) is 2. The SMILES string of the molecule is CCCC(CCCN)c1cc(C(C)(C)C)ccc1OCC. The molecule has 2 heteroatoms. The van der Waals surface area contributed by atoms with E-state index in [4.69, 9.17) is 10.5 Å². The van der Waals surface area contributed by atoms with Gasteiger partial charge in [0.05, 0.1) is 6.61 Å². The highest BCUT2D eigenvalue weighted by Gasteiger charge is 2.20. The van der Waals surface area contributed by atoms with Crippen LogP contribution in [0.15, 0.2) is 18.2 Å². The Morgan fingerprint density at radius 1 is 1.14 bits per heavy atom. The zero-order valence-corrected chi connectivity index (χ0v) is 14.5. The molecule has 1 unspecified atom stereocenters. The Hall–Kier alpha value is -1.02. The molecule has 0 aliphatic rings. The zero-order valence-electron chi connectivity index (χ0n) is 14.5. The molecular weight excluding hydrogens is 258 g/mol. The van der Waals surface area contributed by atoms with Gasteiger partial charge in [0.2, 0.25) is 0 Å². The molecule has 0 aliphatic heterocycles. The number of ether oxygens (including phenoxy) is 1. The van der Waals surface area contributed by atoms with Crippen LogP contribution in [0.1, 0.15) is 77.3 Å². The van der Waals surface area contributed by atoms with E-state index < -0.39 is 0 Å². The predicted octanol–water partition coefficient (Wildman–Crippen LogP) is 5.01. The highest BCUT2D eigenvalue weighted by atomic mass is 16.5. The molecule has 0 radical (unpaired) electrons. The van der Waals surface area contributed by atoms with E-state index in [2.05, 4.69) is 52.8 Å². The molecular formula is C19H33NO. The molecule has 120 valence electrons. The first-order chi connectivity index (χ1) is 9.93. The van der Waals surface area contributed by atoms with Crippen molar-refractivity contribution in [2.75, 3.05) is 13.2 Å². The summed E-state index contributed by atoms with van der Waals surface area (Å²) >= 11 is 0. The van der Waals surface area contributed by atoms with Crippen molar-refractivity contribution in [1.82, 2.24) is 0 Å². The zero-order chi connectivity index (χ0) is 15.9. The van der Waals surface area contributed by atoms with Crippen molar-refractivity contribution >= 4 is 0 Å². The maximum absolute atomic E-state index is 5.88. The Bertz CT molecular complexity index is 420. The third kappa shape index (κ3) is 5.35. The number of benzene rings is 1. The average molecular weight is 291 g/mol.